The molecule has 0 saturated heterocycles. The molecule has 0 saturated carbocycles. The van der Waals surface area contributed by atoms with Gasteiger partial charge >= 0.3 is 0 Å². The molecule has 25 heavy (non-hydrogen) atoms. The number of anilines is 1. The second-order valence-corrected chi connectivity index (χ2v) is 8.19. The zero-order chi connectivity index (χ0) is 18.2. The summed E-state index contributed by atoms with van der Waals surface area (Å²) in [5.41, 5.74) is 1.14. The molecule has 5 heteroatoms. The predicted octanol–water partition coefficient (Wildman–Crippen LogP) is 3.53. The molecule has 0 bridgehead atoms. The van der Waals surface area contributed by atoms with E-state index in [4.69, 9.17) is 11.6 Å². The standard InChI is InChI=1S/C20H25ClN2O2/c1-19(2,3)22-18(25)17-20(11-7-4-8-12-20)14-9-5-6-10-15(14)23(17)16(24)13-21/h4-7,9-10,17H,8,11-13H2,1-3H3,(H,22,25)/t17-,20-/m0/s1. The minimum atomic E-state index is -0.569. The topological polar surface area (TPSA) is 49.4 Å². The third kappa shape index (κ3) is 3.08. The van der Waals surface area contributed by atoms with E-state index in [2.05, 4.69) is 17.5 Å². The van der Waals surface area contributed by atoms with Crippen molar-refractivity contribution in [3.05, 3.63) is 42.0 Å². The highest BCUT2D eigenvalue weighted by molar-refractivity contribution is 6.30. The Hall–Kier alpha value is -1.81. The molecule has 4 nitrogen and oxygen atoms in total. The van der Waals surface area contributed by atoms with E-state index >= 15 is 0 Å². The number of allylic oxidation sites excluding steroid dienone is 2. The Labute approximate surface area is 154 Å². The maximum Gasteiger partial charge on any atom is 0.244 e. The molecule has 2 atom stereocenters. The average Bonchev–Trinajstić information content (AvgIpc) is 2.84. The molecule has 3 rings (SSSR count). The first-order valence-electron chi connectivity index (χ1n) is 8.75. The molecule has 1 aromatic carbocycles. The summed E-state index contributed by atoms with van der Waals surface area (Å²) in [5.74, 6) is -0.480. The van der Waals surface area contributed by atoms with Crippen LogP contribution in [-0.2, 0) is 15.0 Å². The lowest BCUT2D eigenvalue weighted by Crippen LogP contribution is -2.59. The molecular weight excluding hydrogens is 336 g/mol. The zero-order valence-corrected chi connectivity index (χ0v) is 15.8. The lowest BCUT2D eigenvalue weighted by Gasteiger charge is -2.39. The molecular formula is C20H25ClN2O2. The first-order valence-corrected chi connectivity index (χ1v) is 9.28. The second kappa shape index (κ2) is 6.49. The van der Waals surface area contributed by atoms with Gasteiger partial charge in [0.15, 0.2) is 0 Å². The second-order valence-electron chi connectivity index (χ2n) is 7.93. The van der Waals surface area contributed by atoms with Crippen molar-refractivity contribution in [2.24, 2.45) is 0 Å². The number of alkyl halides is 1. The van der Waals surface area contributed by atoms with Gasteiger partial charge in [0.2, 0.25) is 11.8 Å². The monoisotopic (exact) mass is 360 g/mol. The summed E-state index contributed by atoms with van der Waals surface area (Å²) in [6, 6.07) is 7.29. The van der Waals surface area contributed by atoms with E-state index in [1.165, 1.54) is 0 Å². The molecule has 1 aliphatic heterocycles. The van der Waals surface area contributed by atoms with Gasteiger partial charge in [-0.1, -0.05) is 30.4 Å². The number of halogens is 1. The molecule has 1 spiro atoms. The smallest absolute Gasteiger partial charge is 0.244 e. The first kappa shape index (κ1) is 18.0. The van der Waals surface area contributed by atoms with Crippen molar-refractivity contribution in [1.82, 2.24) is 5.32 Å². The number of benzene rings is 1. The van der Waals surface area contributed by atoms with Crippen LogP contribution in [-0.4, -0.2) is 29.3 Å². The summed E-state index contributed by atoms with van der Waals surface area (Å²) in [7, 11) is 0. The van der Waals surface area contributed by atoms with Crippen molar-refractivity contribution in [1.29, 1.82) is 0 Å². The largest absolute Gasteiger partial charge is 0.350 e. The molecule has 1 N–H and O–H groups in total. The van der Waals surface area contributed by atoms with Gasteiger partial charge in [0, 0.05) is 16.6 Å². The molecule has 0 aromatic heterocycles. The molecule has 0 unspecified atom stereocenters. The van der Waals surface area contributed by atoms with Gasteiger partial charge in [-0.3, -0.25) is 14.5 Å². The molecule has 1 heterocycles. The van der Waals surface area contributed by atoms with Crippen LogP contribution in [0.4, 0.5) is 5.69 Å². The Morgan fingerprint density at radius 2 is 2.00 bits per heavy atom. The fourth-order valence-electron chi connectivity index (χ4n) is 4.13. The number of hydrogen-bond acceptors (Lipinski definition) is 2. The van der Waals surface area contributed by atoms with E-state index in [0.717, 1.165) is 30.5 Å². The Morgan fingerprint density at radius 1 is 1.28 bits per heavy atom. The Morgan fingerprint density at radius 3 is 2.60 bits per heavy atom. The Kier molecular flexibility index (Phi) is 4.67. The summed E-state index contributed by atoms with van der Waals surface area (Å²) in [4.78, 5) is 27.6. The van der Waals surface area contributed by atoms with Crippen LogP contribution in [0.3, 0.4) is 0 Å². The third-order valence-electron chi connectivity index (χ3n) is 5.02. The first-order chi connectivity index (χ1) is 11.8. The van der Waals surface area contributed by atoms with Crippen molar-refractivity contribution in [2.45, 2.75) is 57.0 Å². The van der Waals surface area contributed by atoms with Crippen LogP contribution in [0.2, 0.25) is 0 Å². The summed E-state index contributed by atoms with van der Waals surface area (Å²) < 4.78 is 0. The summed E-state index contributed by atoms with van der Waals surface area (Å²) in [5, 5.41) is 3.08. The number of fused-ring (bicyclic) bond motifs is 2. The number of carbonyl (C=O) groups is 2. The van der Waals surface area contributed by atoms with Gasteiger partial charge in [-0.05, 0) is 51.7 Å². The van der Waals surface area contributed by atoms with Gasteiger partial charge in [0.25, 0.3) is 0 Å². The molecule has 0 fully saturated rings. The van der Waals surface area contributed by atoms with Crippen LogP contribution >= 0.6 is 11.6 Å². The quantitative estimate of drug-likeness (QED) is 0.648. The summed E-state index contributed by atoms with van der Waals surface area (Å²) in [6.45, 7) is 5.86. The number of carbonyl (C=O) groups excluding carboxylic acids is 2. The van der Waals surface area contributed by atoms with E-state index < -0.39 is 6.04 Å². The van der Waals surface area contributed by atoms with Gasteiger partial charge < -0.3 is 5.32 Å². The van der Waals surface area contributed by atoms with E-state index in [1.54, 1.807) is 4.90 Å². The molecule has 1 aromatic rings. The fourth-order valence-corrected chi connectivity index (χ4v) is 4.26. The number of nitrogens with zero attached hydrogens (tertiary/aromatic N) is 1. The van der Waals surface area contributed by atoms with Gasteiger partial charge in [0.1, 0.15) is 11.9 Å². The lowest BCUT2D eigenvalue weighted by molar-refractivity contribution is -0.128. The van der Waals surface area contributed by atoms with Crippen molar-refractivity contribution in [2.75, 3.05) is 10.8 Å². The molecule has 134 valence electrons. The Balaban J connectivity index is 2.15. The average molecular weight is 361 g/mol. The van der Waals surface area contributed by atoms with Crippen LogP contribution in [0, 0.1) is 0 Å². The summed E-state index contributed by atoms with van der Waals surface area (Å²) >= 11 is 5.89. The normalized spacial score (nSPS) is 25.1. The van der Waals surface area contributed by atoms with Gasteiger partial charge in [0.05, 0.1) is 0 Å². The van der Waals surface area contributed by atoms with Gasteiger partial charge in [-0.25, -0.2) is 0 Å². The van der Waals surface area contributed by atoms with E-state index in [1.807, 2.05) is 45.0 Å². The number of hydrogen-bond donors (Lipinski definition) is 1. The number of nitrogens with one attached hydrogen (secondary N) is 1. The maximum absolute atomic E-state index is 13.3. The van der Waals surface area contributed by atoms with Crippen molar-refractivity contribution < 1.29 is 9.59 Å². The van der Waals surface area contributed by atoms with Crippen molar-refractivity contribution >= 4 is 29.1 Å². The molecule has 0 radical (unpaired) electrons. The third-order valence-corrected chi connectivity index (χ3v) is 5.25. The minimum absolute atomic E-state index is 0.113. The van der Waals surface area contributed by atoms with Crippen molar-refractivity contribution in [3.8, 4) is 0 Å². The SMILES string of the molecule is CC(C)(C)NC(=O)[C@@H]1N(C(=O)CCl)c2ccccc2[C@@]12CC=CCC2. The van der Waals surface area contributed by atoms with Crippen molar-refractivity contribution in [3.63, 3.8) is 0 Å². The predicted molar refractivity (Wildman–Crippen MR) is 101 cm³/mol. The van der Waals surface area contributed by atoms with Gasteiger partial charge in [-0.2, -0.15) is 0 Å². The number of amides is 2. The highest BCUT2D eigenvalue weighted by Crippen LogP contribution is 2.52. The maximum atomic E-state index is 13.3. The van der Waals surface area contributed by atoms with Crippen LogP contribution in [0.5, 0.6) is 0 Å². The minimum Gasteiger partial charge on any atom is -0.350 e. The number of rotatable bonds is 2. The van der Waals surface area contributed by atoms with Crippen LogP contribution in [0.1, 0.15) is 45.6 Å². The van der Waals surface area contributed by atoms with E-state index in [-0.39, 0.29) is 28.6 Å². The summed E-state index contributed by atoms with van der Waals surface area (Å²) in [6.07, 6.45) is 6.77. The highest BCUT2D eigenvalue weighted by atomic mass is 35.5. The molecule has 1 aliphatic carbocycles. The molecule has 2 amide bonds. The Bertz CT molecular complexity index is 723. The molecule has 2 aliphatic rings. The number of para-hydroxylation sites is 1. The van der Waals surface area contributed by atoms with E-state index in [0.29, 0.717) is 0 Å². The van der Waals surface area contributed by atoms with Crippen LogP contribution in [0.15, 0.2) is 36.4 Å². The fraction of sp³-hybridized carbons (Fsp3) is 0.500. The highest BCUT2D eigenvalue weighted by Gasteiger charge is 2.55. The van der Waals surface area contributed by atoms with Gasteiger partial charge in [-0.15, -0.1) is 11.6 Å². The lowest BCUT2D eigenvalue weighted by atomic mass is 9.68. The zero-order valence-electron chi connectivity index (χ0n) is 15.0. The van der Waals surface area contributed by atoms with Crippen LogP contribution < -0.4 is 10.2 Å². The van der Waals surface area contributed by atoms with Crippen LogP contribution in [0.25, 0.3) is 0 Å². The van der Waals surface area contributed by atoms with E-state index in [9.17, 15) is 9.59 Å².